The Labute approximate surface area is 242 Å². The first-order valence-corrected chi connectivity index (χ1v) is 14.0. The number of ether oxygens (including phenoxy) is 1. The molecule has 2 amide bonds. The largest absolute Gasteiger partial charge is 0.504 e. The lowest BCUT2D eigenvalue weighted by Crippen LogP contribution is -2.39. The molecule has 1 aliphatic heterocycles. The van der Waals surface area contributed by atoms with Crippen molar-refractivity contribution in [1.29, 1.82) is 0 Å². The van der Waals surface area contributed by atoms with Gasteiger partial charge in [-0.3, -0.25) is 24.1 Å². The molecule has 2 aromatic carbocycles. The number of ketones is 2. The highest BCUT2D eigenvalue weighted by Crippen LogP contribution is 2.56. The van der Waals surface area contributed by atoms with Crippen LogP contribution in [0.15, 0.2) is 75.8 Å². The first-order valence-electron chi connectivity index (χ1n) is 13.2. The number of hydrogen-bond donors (Lipinski definition) is 2. The third kappa shape index (κ3) is 4.16. The molecule has 0 bridgehead atoms. The number of nitrogens with zero attached hydrogens (tertiary/aromatic N) is 1. The highest BCUT2D eigenvalue weighted by molar-refractivity contribution is 9.12. The Kier molecular flexibility index (Phi) is 6.53. The zero-order valence-corrected chi connectivity index (χ0v) is 23.4. The summed E-state index contributed by atoms with van der Waals surface area (Å²) in [6.45, 7) is 2.08. The number of phenols is 1. The highest BCUT2D eigenvalue weighted by atomic mass is 79.9. The maximum Gasteiger partial charge on any atom is 0.335 e. The SMILES string of the molecule is CCOc1cc([C@H]2C3=CC[C@@H]4C(=O)N(c5cccc(C(=O)O)c5)C(=O)[C@@H]4[C@@H]3CC3=C2C(=O)C=C(Br)C3=O)ccc1O. The van der Waals surface area contributed by atoms with E-state index in [1.807, 2.05) is 6.08 Å². The molecule has 1 heterocycles. The van der Waals surface area contributed by atoms with Gasteiger partial charge in [-0.15, -0.1) is 0 Å². The van der Waals surface area contributed by atoms with E-state index in [0.29, 0.717) is 17.7 Å². The average Bonchev–Trinajstić information content (AvgIpc) is 3.21. The molecule has 2 aromatic rings. The molecule has 0 aromatic heterocycles. The minimum absolute atomic E-state index is 0.0512. The van der Waals surface area contributed by atoms with Crippen molar-refractivity contribution < 1.29 is 38.9 Å². The molecule has 6 rings (SSSR count). The summed E-state index contributed by atoms with van der Waals surface area (Å²) >= 11 is 3.21. The van der Waals surface area contributed by atoms with E-state index in [0.717, 1.165) is 10.5 Å². The molecule has 10 heteroatoms. The van der Waals surface area contributed by atoms with Gasteiger partial charge in [-0.1, -0.05) is 23.8 Å². The molecule has 0 unspecified atom stereocenters. The van der Waals surface area contributed by atoms with Crippen LogP contribution in [-0.4, -0.2) is 46.2 Å². The van der Waals surface area contributed by atoms with Gasteiger partial charge in [0.25, 0.3) is 0 Å². The Hall–Kier alpha value is -4.31. The van der Waals surface area contributed by atoms with Crippen LogP contribution in [0, 0.1) is 17.8 Å². The number of allylic oxidation sites excluding steroid dienone is 6. The molecular weight excluding hydrogens is 594 g/mol. The molecule has 4 aliphatic rings. The maximum atomic E-state index is 14.0. The number of fused-ring (bicyclic) bond motifs is 3. The zero-order chi connectivity index (χ0) is 29.2. The second-order valence-corrected chi connectivity index (χ2v) is 11.3. The van der Waals surface area contributed by atoms with Crippen molar-refractivity contribution in [2.24, 2.45) is 17.8 Å². The number of carboxylic acid groups (broad SMARTS) is 1. The number of carbonyl (C=O) groups is 5. The monoisotopic (exact) mass is 617 g/mol. The van der Waals surface area contributed by atoms with E-state index in [4.69, 9.17) is 4.74 Å². The molecule has 2 N–H and O–H groups in total. The van der Waals surface area contributed by atoms with Crippen molar-refractivity contribution >= 4 is 51.0 Å². The molecule has 1 saturated heterocycles. The summed E-state index contributed by atoms with van der Waals surface area (Å²) in [6.07, 6.45) is 3.49. The van der Waals surface area contributed by atoms with Gasteiger partial charge in [0.05, 0.1) is 34.2 Å². The number of carboxylic acids is 1. The van der Waals surface area contributed by atoms with Crippen molar-refractivity contribution in [2.75, 3.05) is 11.5 Å². The summed E-state index contributed by atoms with van der Waals surface area (Å²) in [6, 6.07) is 10.5. The standard InChI is InChI=1S/C31H24BrNO8/c1-2-41-24-11-14(6-9-22(24)34)25-17-7-8-18-26(19(17)12-20-27(25)23(35)13-21(32)28(20)36)30(38)33(29(18)37)16-5-3-4-15(10-16)31(39)40/h3-7,9-11,13,18-19,25-26,34H,2,8,12H2,1H3,(H,39,40)/t18-,19+,25-,26-/m0/s1. The molecule has 4 atom stereocenters. The fourth-order valence-corrected chi connectivity index (χ4v) is 7.05. The summed E-state index contributed by atoms with van der Waals surface area (Å²) in [7, 11) is 0. The van der Waals surface area contributed by atoms with Gasteiger partial charge >= 0.3 is 5.97 Å². The molecule has 0 spiro atoms. The van der Waals surface area contributed by atoms with E-state index in [9.17, 15) is 34.2 Å². The summed E-state index contributed by atoms with van der Waals surface area (Å²) in [4.78, 5) is 66.9. The summed E-state index contributed by atoms with van der Waals surface area (Å²) in [5.41, 5.74) is 2.10. The van der Waals surface area contributed by atoms with Gasteiger partial charge in [-0.2, -0.15) is 0 Å². The van der Waals surface area contributed by atoms with Crippen LogP contribution < -0.4 is 9.64 Å². The van der Waals surface area contributed by atoms with Crippen molar-refractivity contribution in [3.8, 4) is 11.5 Å². The second kappa shape index (κ2) is 9.95. The molecule has 0 saturated carbocycles. The quantitative estimate of drug-likeness (QED) is 0.285. The van der Waals surface area contributed by atoms with E-state index in [1.54, 1.807) is 19.1 Å². The van der Waals surface area contributed by atoms with E-state index in [2.05, 4.69) is 15.9 Å². The summed E-state index contributed by atoms with van der Waals surface area (Å²) in [5.74, 6) is -5.33. The van der Waals surface area contributed by atoms with Crippen LogP contribution in [0.3, 0.4) is 0 Å². The first-order chi connectivity index (χ1) is 19.6. The number of hydrogen-bond acceptors (Lipinski definition) is 7. The Morgan fingerprint density at radius 2 is 1.85 bits per heavy atom. The average molecular weight is 618 g/mol. The van der Waals surface area contributed by atoms with Crippen LogP contribution in [0.25, 0.3) is 0 Å². The van der Waals surface area contributed by atoms with Gasteiger partial charge in [0.1, 0.15) is 0 Å². The van der Waals surface area contributed by atoms with Crippen molar-refractivity contribution in [3.05, 3.63) is 86.9 Å². The molecule has 9 nitrogen and oxygen atoms in total. The van der Waals surface area contributed by atoms with Crippen molar-refractivity contribution in [3.63, 3.8) is 0 Å². The van der Waals surface area contributed by atoms with Gasteiger partial charge in [0.15, 0.2) is 23.1 Å². The summed E-state index contributed by atoms with van der Waals surface area (Å²) in [5, 5.41) is 19.8. The fourth-order valence-electron chi connectivity index (χ4n) is 6.60. The molecular formula is C31H24BrNO8. The molecule has 1 fully saturated rings. The fraction of sp³-hybridized carbons (Fsp3) is 0.258. The Bertz CT molecular complexity index is 1670. The van der Waals surface area contributed by atoms with E-state index in [1.165, 1.54) is 36.4 Å². The zero-order valence-electron chi connectivity index (χ0n) is 21.8. The van der Waals surface area contributed by atoms with E-state index in [-0.39, 0.29) is 57.2 Å². The Morgan fingerprint density at radius 1 is 1.07 bits per heavy atom. The van der Waals surface area contributed by atoms with Crippen LogP contribution in [-0.2, 0) is 19.2 Å². The number of amides is 2. The van der Waals surface area contributed by atoms with Crippen molar-refractivity contribution in [2.45, 2.75) is 25.7 Å². The number of halogens is 1. The lowest BCUT2D eigenvalue weighted by Gasteiger charge is -2.42. The molecule has 0 radical (unpaired) electrons. The molecule has 41 heavy (non-hydrogen) atoms. The number of benzene rings is 2. The van der Waals surface area contributed by atoms with Crippen LogP contribution in [0.2, 0.25) is 0 Å². The predicted molar refractivity (Wildman–Crippen MR) is 150 cm³/mol. The second-order valence-electron chi connectivity index (χ2n) is 10.4. The third-order valence-electron chi connectivity index (χ3n) is 8.30. The predicted octanol–water partition coefficient (Wildman–Crippen LogP) is 4.46. The Balaban J connectivity index is 1.47. The van der Waals surface area contributed by atoms with Crippen molar-refractivity contribution in [1.82, 2.24) is 0 Å². The minimum Gasteiger partial charge on any atom is -0.504 e. The van der Waals surface area contributed by atoms with Crippen LogP contribution in [0.5, 0.6) is 11.5 Å². The normalized spacial score (nSPS) is 25.4. The number of rotatable bonds is 5. The number of phenolic OH excluding ortho intramolecular Hbond substituents is 1. The van der Waals surface area contributed by atoms with Gasteiger partial charge in [0, 0.05) is 23.1 Å². The number of aromatic hydroxyl groups is 1. The van der Waals surface area contributed by atoms with Gasteiger partial charge in [-0.05, 0) is 77.5 Å². The number of imide groups is 1. The van der Waals surface area contributed by atoms with Crippen LogP contribution in [0.4, 0.5) is 5.69 Å². The van der Waals surface area contributed by atoms with Gasteiger partial charge in [-0.25, -0.2) is 4.79 Å². The maximum absolute atomic E-state index is 14.0. The Morgan fingerprint density at radius 3 is 2.59 bits per heavy atom. The molecule has 208 valence electrons. The third-order valence-corrected chi connectivity index (χ3v) is 8.89. The molecule has 3 aliphatic carbocycles. The smallest absolute Gasteiger partial charge is 0.335 e. The first kappa shape index (κ1) is 26.9. The van der Waals surface area contributed by atoms with Gasteiger partial charge < -0.3 is 14.9 Å². The minimum atomic E-state index is -1.18. The number of anilines is 1. The number of aromatic carboxylic acids is 1. The van der Waals surface area contributed by atoms with Gasteiger partial charge in [0.2, 0.25) is 11.8 Å². The van der Waals surface area contributed by atoms with E-state index >= 15 is 0 Å². The number of carbonyl (C=O) groups excluding carboxylic acids is 4. The summed E-state index contributed by atoms with van der Waals surface area (Å²) < 4.78 is 5.72. The van der Waals surface area contributed by atoms with Crippen LogP contribution in [0.1, 0.15) is 41.6 Å². The highest BCUT2D eigenvalue weighted by Gasteiger charge is 2.56. The number of Topliss-reactive ketones (excluding diaryl/α,β-unsaturated/α-hetero) is 1. The van der Waals surface area contributed by atoms with E-state index < -0.39 is 41.5 Å². The topological polar surface area (TPSA) is 138 Å². The lowest BCUT2D eigenvalue weighted by molar-refractivity contribution is -0.123. The lowest BCUT2D eigenvalue weighted by atomic mass is 9.59. The van der Waals surface area contributed by atoms with Crippen LogP contribution >= 0.6 is 15.9 Å².